The van der Waals surface area contributed by atoms with Gasteiger partial charge in [-0.05, 0) is 25.3 Å². The van der Waals surface area contributed by atoms with E-state index in [1.54, 1.807) is 0 Å². The summed E-state index contributed by atoms with van der Waals surface area (Å²) in [5.74, 6) is 0.804. The lowest BCUT2D eigenvalue weighted by atomic mass is 9.97. The number of fused-ring (bicyclic) bond motifs is 1. The van der Waals surface area contributed by atoms with Crippen LogP contribution < -0.4 is 0 Å². The Morgan fingerprint density at radius 1 is 1.56 bits per heavy atom. The number of hydrogen-bond donors (Lipinski definition) is 0. The fourth-order valence-electron chi connectivity index (χ4n) is 1.60. The highest BCUT2D eigenvalue weighted by Crippen LogP contribution is 2.24. The summed E-state index contributed by atoms with van der Waals surface area (Å²) in [6.45, 7) is 1.07. The first-order valence-electron chi connectivity index (χ1n) is 3.68. The van der Waals surface area contributed by atoms with Crippen molar-refractivity contribution in [1.82, 2.24) is 0 Å². The van der Waals surface area contributed by atoms with Crippen LogP contribution in [0, 0.1) is 5.92 Å². The molecule has 0 amide bonds. The molecule has 0 N–H and O–H groups in total. The Morgan fingerprint density at radius 3 is 3.44 bits per heavy atom. The lowest BCUT2D eigenvalue weighted by Crippen LogP contribution is -2.12. The number of hydrogen-bond acceptors (Lipinski definition) is 1. The van der Waals surface area contributed by atoms with E-state index in [2.05, 4.69) is 17.1 Å². The maximum atomic E-state index is 4.42. The van der Waals surface area contributed by atoms with Crippen molar-refractivity contribution in [2.75, 3.05) is 6.54 Å². The molecule has 0 aromatic heterocycles. The Bertz CT molecular complexity index is 167. The average molecular weight is 121 g/mol. The van der Waals surface area contributed by atoms with Gasteiger partial charge in [0.15, 0.2) is 0 Å². The summed E-state index contributed by atoms with van der Waals surface area (Å²) in [4.78, 5) is 4.42. The largest absolute Gasteiger partial charge is 0.289 e. The first kappa shape index (κ1) is 5.21. The molecule has 0 saturated heterocycles. The molecule has 9 heavy (non-hydrogen) atoms. The van der Waals surface area contributed by atoms with Crippen LogP contribution in [-0.2, 0) is 0 Å². The average Bonchev–Trinajstić information content (AvgIpc) is 2.33. The van der Waals surface area contributed by atoms with Gasteiger partial charge in [-0.3, -0.25) is 4.99 Å². The summed E-state index contributed by atoms with van der Waals surface area (Å²) in [5.41, 5.74) is 1.36. The van der Waals surface area contributed by atoms with Gasteiger partial charge in [-0.1, -0.05) is 6.08 Å². The smallest absolute Gasteiger partial charge is 0.0392 e. The molecule has 0 aromatic rings. The summed E-state index contributed by atoms with van der Waals surface area (Å²) in [7, 11) is 0. The van der Waals surface area contributed by atoms with Crippen molar-refractivity contribution in [2.24, 2.45) is 10.9 Å². The fraction of sp³-hybridized carbons (Fsp3) is 0.625. The van der Waals surface area contributed by atoms with Gasteiger partial charge >= 0.3 is 0 Å². The predicted molar refractivity (Wildman–Crippen MR) is 38.8 cm³/mol. The Balaban J connectivity index is 2.23. The van der Waals surface area contributed by atoms with Crippen LogP contribution >= 0.6 is 0 Å². The van der Waals surface area contributed by atoms with E-state index in [1.807, 2.05) is 0 Å². The molecule has 0 bridgehead atoms. The second kappa shape index (κ2) is 1.98. The van der Waals surface area contributed by atoms with Gasteiger partial charge in [0, 0.05) is 18.2 Å². The van der Waals surface area contributed by atoms with Crippen LogP contribution in [0.5, 0.6) is 0 Å². The van der Waals surface area contributed by atoms with Crippen LogP contribution in [0.15, 0.2) is 17.1 Å². The van der Waals surface area contributed by atoms with Gasteiger partial charge in [0.2, 0.25) is 0 Å². The lowest BCUT2D eigenvalue weighted by Gasteiger charge is -2.14. The molecule has 1 nitrogen and oxygen atoms in total. The molecule has 1 aliphatic carbocycles. The van der Waals surface area contributed by atoms with E-state index >= 15 is 0 Å². The van der Waals surface area contributed by atoms with Crippen molar-refractivity contribution in [3.8, 4) is 0 Å². The number of nitrogens with zero attached hydrogens (tertiary/aromatic N) is 1. The quantitative estimate of drug-likeness (QED) is 0.463. The molecule has 0 aromatic carbocycles. The van der Waals surface area contributed by atoms with E-state index in [4.69, 9.17) is 0 Å². The van der Waals surface area contributed by atoms with E-state index < -0.39 is 0 Å². The van der Waals surface area contributed by atoms with E-state index in [9.17, 15) is 0 Å². The molecule has 1 heterocycles. The minimum Gasteiger partial charge on any atom is -0.289 e. The predicted octanol–water partition coefficient (Wildman–Crippen LogP) is 1.80. The third kappa shape index (κ3) is 0.805. The minimum absolute atomic E-state index is 0.804. The summed E-state index contributed by atoms with van der Waals surface area (Å²) in [6.07, 6.45) is 8.35. The molecular formula is C8H11N. The monoisotopic (exact) mass is 121 g/mol. The van der Waals surface area contributed by atoms with E-state index in [0.717, 1.165) is 12.5 Å². The minimum atomic E-state index is 0.804. The van der Waals surface area contributed by atoms with Crippen LogP contribution in [0.4, 0.5) is 0 Å². The Hall–Kier alpha value is -0.590. The molecule has 1 unspecified atom stereocenters. The molecule has 48 valence electrons. The van der Waals surface area contributed by atoms with Gasteiger partial charge in [-0.15, -0.1) is 0 Å². The van der Waals surface area contributed by atoms with E-state index in [0.29, 0.717) is 0 Å². The van der Waals surface area contributed by atoms with Crippen LogP contribution in [0.25, 0.3) is 0 Å². The summed E-state index contributed by atoms with van der Waals surface area (Å²) >= 11 is 0. The first-order valence-corrected chi connectivity index (χ1v) is 3.68. The van der Waals surface area contributed by atoms with Crippen LogP contribution in [0.1, 0.15) is 19.3 Å². The van der Waals surface area contributed by atoms with Crippen molar-refractivity contribution >= 4 is 5.71 Å². The maximum absolute atomic E-state index is 4.42. The summed E-state index contributed by atoms with van der Waals surface area (Å²) in [5, 5.41) is 0. The van der Waals surface area contributed by atoms with Gasteiger partial charge in [0.1, 0.15) is 0 Å². The molecule has 0 radical (unpaired) electrons. The number of aliphatic imine (C=N–C) groups is 1. The normalized spacial score (nSPS) is 32.0. The van der Waals surface area contributed by atoms with Crippen molar-refractivity contribution in [1.29, 1.82) is 0 Å². The van der Waals surface area contributed by atoms with Gasteiger partial charge in [0.25, 0.3) is 0 Å². The maximum Gasteiger partial charge on any atom is 0.0392 e. The van der Waals surface area contributed by atoms with Crippen molar-refractivity contribution < 1.29 is 0 Å². The fourth-order valence-corrected chi connectivity index (χ4v) is 1.60. The highest BCUT2D eigenvalue weighted by atomic mass is 14.8. The standard InChI is InChI=1S/C8H11N/c1-3-7-4-2-6-9-8(7)5-1/h1,5,7H,2-4,6H2. The number of allylic oxidation sites excluding steroid dienone is 2. The zero-order valence-electron chi connectivity index (χ0n) is 5.51. The van der Waals surface area contributed by atoms with Crippen LogP contribution in [-0.4, -0.2) is 12.3 Å². The zero-order chi connectivity index (χ0) is 6.10. The second-order valence-corrected chi connectivity index (χ2v) is 2.78. The Labute approximate surface area is 55.5 Å². The Kier molecular flexibility index (Phi) is 1.15. The van der Waals surface area contributed by atoms with Crippen LogP contribution in [0.2, 0.25) is 0 Å². The third-order valence-corrected chi connectivity index (χ3v) is 2.13. The highest BCUT2D eigenvalue weighted by molar-refractivity contribution is 5.99. The summed E-state index contributed by atoms with van der Waals surface area (Å²) < 4.78 is 0. The number of rotatable bonds is 0. The zero-order valence-corrected chi connectivity index (χ0v) is 5.51. The molecule has 1 heteroatoms. The molecule has 2 rings (SSSR count). The molecule has 1 aliphatic heterocycles. The molecule has 0 saturated carbocycles. The van der Waals surface area contributed by atoms with Gasteiger partial charge < -0.3 is 0 Å². The third-order valence-electron chi connectivity index (χ3n) is 2.13. The van der Waals surface area contributed by atoms with Gasteiger partial charge in [-0.25, -0.2) is 0 Å². The van der Waals surface area contributed by atoms with Crippen LogP contribution in [0.3, 0.4) is 0 Å². The molecule has 0 spiro atoms. The Morgan fingerprint density at radius 2 is 2.56 bits per heavy atom. The van der Waals surface area contributed by atoms with E-state index in [1.165, 1.54) is 25.0 Å². The van der Waals surface area contributed by atoms with Gasteiger partial charge in [0.05, 0.1) is 0 Å². The van der Waals surface area contributed by atoms with Crippen molar-refractivity contribution in [3.63, 3.8) is 0 Å². The molecule has 2 aliphatic rings. The summed E-state index contributed by atoms with van der Waals surface area (Å²) in [6, 6.07) is 0. The van der Waals surface area contributed by atoms with E-state index in [-0.39, 0.29) is 0 Å². The molecule has 0 fully saturated rings. The SMILES string of the molecule is C1=CC2=NCCCC2C1. The second-order valence-electron chi connectivity index (χ2n) is 2.78. The molecule has 1 atom stereocenters. The lowest BCUT2D eigenvalue weighted by molar-refractivity contribution is 0.586. The van der Waals surface area contributed by atoms with Gasteiger partial charge in [-0.2, -0.15) is 0 Å². The van der Waals surface area contributed by atoms with Crippen molar-refractivity contribution in [2.45, 2.75) is 19.3 Å². The molecular weight excluding hydrogens is 110 g/mol. The first-order chi connectivity index (χ1) is 4.47. The topological polar surface area (TPSA) is 12.4 Å². The highest BCUT2D eigenvalue weighted by Gasteiger charge is 2.19. The van der Waals surface area contributed by atoms with Crippen molar-refractivity contribution in [3.05, 3.63) is 12.2 Å².